The van der Waals surface area contributed by atoms with E-state index in [1.165, 1.54) is 50.8 Å². The highest BCUT2D eigenvalue weighted by atomic mass is 16.5. The Bertz CT molecular complexity index is 3760. The Morgan fingerprint density at radius 2 is 1.08 bits per heavy atom. The van der Waals surface area contributed by atoms with Crippen LogP contribution < -0.4 is 21.3 Å². The molecule has 3 heterocycles. The summed E-state index contributed by atoms with van der Waals surface area (Å²) in [6.45, 7) is 18.4. The summed E-state index contributed by atoms with van der Waals surface area (Å²) in [7, 11) is 0. The van der Waals surface area contributed by atoms with E-state index in [0.717, 1.165) is 59.5 Å². The number of anilines is 4. The van der Waals surface area contributed by atoms with E-state index >= 15 is 0 Å². The zero-order valence-electron chi connectivity index (χ0n) is 48.7. The molecule has 11 rings (SSSR count). The van der Waals surface area contributed by atoms with Gasteiger partial charge in [-0.05, 0) is 117 Å². The number of nitrogen functional groups attached to an aromatic ring is 2. The second-order valence-electron chi connectivity index (χ2n) is 23.0. The molecule has 0 bridgehead atoms. The van der Waals surface area contributed by atoms with Crippen LogP contribution in [0, 0.1) is 0 Å². The Morgan fingerprint density at radius 3 is 1.66 bits per heavy atom. The first-order valence-corrected chi connectivity index (χ1v) is 29.4. The van der Waals surface area contributed by atoms with Gasteiger partial charge in [-0.3, -0.25) is 9.59 Å². The number of nitrogens with two attached hydrogens (primary N) is 2. The number of nitrogens with zero attached hydrogens (tertiary/aromatic N) is 8. The molecule has 1 saturated carbocycles. The van der Waals surface area contributed by atoms with Gasteiger partial charge in [-0.2, -0.15) is 5.11 Å². The van der Waals surface area contributed by atoms with Crippen LogP contribution in [0.5, 0.6) is 0 Å². The van der Waals surface area contributed by atoms with Crippen molar-refractivity contribution in [1.82, 2.24) is 4.90 Å². The van der Waals surface area contributed by atoms with Gasteiger partial charge in [-0.25, -0.2) is 4.58 Å². The Balaban J connectivity index is 0.713. The second-order valence-corrected chi connectivity index (χ2v) is 23.0. The molecular weight excluding hydrogens is 1030 g/mol. The van der Waals surface area contributed by atoms with E-state index in [4.69, 9.17) is 16.2 Å². The van der Waals surface area contributed by atoms with E-state index < -0.39 is 0 Å². The van der Waals surface area contributed by atoms with Crippen molar-refractivity contribution in [2.24, 2.45) is 20.5 Å². The van der Waals surface area contributed by atoms with Crippen LogP contribution in [-0.4, -0.2) is 72.9 Å². The number of carbonyl (C=O) groups is 2. The number of para-hydroxylation sites is 2. The lowest BCUT2D eigenvalue weighted by molar-refractivity contribution is -0.537. The molecule has 0 unspecified atom stereocenters. The molecule has 0 spiro atoms. The standard InChI is InChI=1S/C70H75N10O3/c1-7-79-61-25-13-11-22-54(61)69(3,4)63(79)37-29-48-17-15-18-49(30-38-64-70(5,6)55-23-12-14-26-62(55)80(64)8-2)68(48)78-44-42-77(43-45-78)65(81)39-40-66(82)83-46-41-47-27-31-50(32-28-47)73-74-58-35-36-59(52-20-10-9-19-51(52)58)75-76-60-34-33-57(72)67-53(60)21-16-24-56(67)71/h9-14,16,19-38H,7-8,15,17-18,39-46,71-72H2,1-6H3/q+1. The summed E-state index contributed by atoms with van der Waals surface area (Å²) < 4.78 is 8.17. The molecule has 1 amide bonds. The summed E-state index contributed by atoms with van der Waals surface area (Å²) in [6, 6.07) is 46.3. The molecule has 0 radical (unpaired) electrons. The molecular formula is C70H75N10O3+. The van der Waals surface area contributed by atoms with Gasteiger partial charge >= 0.3 is 5.97 Å². The first kappa shape index (κ1) is 55.9. The molecule has 13 heteroatoms. The number of benzene rings is 7. The number of piperazine rings is 1. The minimum atomic E-state index is -0.373. The molecule has 0 aromatic heterocycles. The third-order valence-corrected chi connectivity index (χ3v) is 17.2. The second kappa shape index (κ2) is 23.9. The SMILES string of the molecule is CCN1/C(=C/C=C2\CCC/C(=C\C=C3\N(CC)c4ccccc4C3(C)C)C2=[N+]2CCN(C(=O)CCC(=O)OCCc3ccc(N=Nc4ccc(N=Nc5ccc(N)c6c(N)cccc56)c5ccccc45)cc3)CC2)C(C)(C)c2ccccc21. The molecule has 2 fully saturated rings. The first-order chi connectivity index (χ1) is 40.2. The fraction of sp³-hybridized carbons (Fsp3) is 0.300. The smallest absolute Gasteiger partial charge is 0.306 e. The summed E-state index contributed by atoms with van der Waals surface area (Å²) in [5.41, 5.74) is 29.0. The predicted octanol–water partition coefficient (Wildman–Crippen LogP) is 15.6. The van der Waals surface area contributed by atoms with Gasteiger partial charge in [0.15, 0.2) is 13.1 Å². The fourth-order valence-corrected chi connectivity index (χ4v) is 12.8. The summed E-state index contributed by atoms with van der Waals surface area (Å²) in [5.74, 6) is -0.391. The van der Waals surface area contributed by atoms with E-state index in [9.17, 15) is 9.59 Å². The number of amides is 1. The average Bonchev–Trinajstić information content (AvgIpc) is 3.05. The molecule has 7 aromatic rings. The minimum Gasteiger partial charge on any atom is -0.465 e. The maximum Gasteiger partial charge on any atom is 0.306 e. The van der Waals surface area contributed by atoms with E-state index in [2.05, 4.69) is 149 Å². The highest BCUT2D eigenvalue weighted by Gasteiger charge is 2.41. The number of esters is 1. The zero-order chi connectivity index (χ0) is 57.8. The molecule has 83 heavy (non-hydrogen) atoms. The largest absolute Gasteiger partial charge is 0.465 e. The predicted molar refractivity (Wildman–Crippen MR) is 338 cm³/mol. The topological polar surface area (TPSA) is 158 Å². The Labute approximate surface area is 487 Å². The van der Waals surface area contributed by atoms with Crippen LogP contribution in [0.2, 0.25) is 0 Å². The first-order valence-electron chi connectivity index (χ1n) is 29.4. The number of rotatable bonds is 14. The lowest BCUT2D eigenvalue weighted by Gasteiger charge is -2.29. The number of azo groups is 2. The summed E-state index contributed by atoms with van der Waals surface area (Å²) in [4.78, 5) is 33.6. The maximum atomic E-state index is 13.7. The Hall–Kier alpha value is -8.97. The third kappa shape index (κ3) is 11.2. The zero-order valence-corrected chi connectivity index (χ0v) is 48.7. The molecule has 7 aromatic carbocycles. The number of likely N-dealkylation sites (N-methyl/N-ethyl adjacent to an activating group) is 2. The fourth-order valence-electron chi connectivity index (χ4n) is 12.8. The minimum absolute atomic E-state index is 0.0182. The molecule has 3 aliphatic heterocycles. The van der Waals surface area contributed by atoms with Crippen LogP contribution in [0.15, 0.2) is 207 Å². The van der Waals surface area contributed by atoms with Crippen molar-refractivity contribution in [1.29, 1.82) is 0 Å². The summed E-state index contributed by atoms with van der Waals surface area (Å²) >= 11 is 0. The lowest BCUT2D eigenvalue weighted by Crippen LogP contribution is -2.47. The van der Waals surface area contributed by atoms with Crippen molar-refractivity contribution < 1.29 is 18.9 Å². The van der Waals surface area contributed by atoms with Gasteiger partial charge in [-0.1, -0.05) is 125 Å². The normalized spacial score (nSPS) is 18.7. The summed E-state index contributed by atoms with van der Waals surface area (Å²) in [5, 5.41) is 21.8. The number of hydrogen-bond acceptors (Lipinski definition) is 11. The lowest BCUT2D eigenvalue weighted by atomic mass is 9.82. The number of hydrogen-bond donors (Lipinski definition) is 2. The molecule has 1 saturated heterocycles. The average molecular weight is 1100 g/mol. The van der Waals surface area contributed by atoms with Crippen LogP contribution in [-0.2, 0) is 31.6 Å². The highest BCUT2D eigenvalue weighted by Crippen LogP contribution is 2.49. The monoisotopic (exact) mass is 1100 g/mol. The third-order valence-electron chi connectivity index (χ3n) is 17.2. The maximum absolute atomic E-state index is 13.7. The number of carbonyl (C=O) groups excluding carboxylic acids is 2. The van der Waals surface area contributed by atoms with Gasteiger partial charge in [0.1, 0.15) is 0 Å². The Kier molecular flexibility index (Phi) is 16.1. The van der Waals surface area contributed by atoms with Gasteiger partial charge < -0.3 is 30.9 Å². The molecule has 13 nitrogen and oxygen atoms in total. The van der Waals surface area contributed by atoms with Gasteiger partial charge in [0, 0.05) is 104 Å². The van der Waals surface area contributed by atoms with E-state index in [1.54, 1.807) is 6.07 Å². The van der Waals surface area contributed by atoms with Crippen molar-refractivity contribution in [3.63, 3.8) is 0 Å². The van der Waals surface area contributed by atoms with Crippen LogP contribution >= 0.6 is 0 Å². The Morgan fingerprint density at radius 1 is 0.578 bits per heavy atom. The van der Waals surface area contributed by atoms with Crippen molar-refractivity contribution in [3.05, 3.63) is 203 Å². The molecule has 0 atom stereocenters. The van der Waals surface area contributed by atoms with Gasteiger partial charge in [0.25, 0.3) is 0 Å². The van der Waals surface area contributed by atoms with E-state index in [-0.39, 0.29) is 42.2 Å². The van der Waals surface area contributed by atoms with Crippen LogP contribution in [0.25, 0.3) is 21.5 Å². The molecule has 4 aliphatic rings. The molecule has 4 N–H and O–H groups in total. The highest BCUT2D eigenvalue weighted by molar-refractivity contribution is 6.10. The number of ether oxygens (including phenoxy) is 1. The van der Waals surface area contributed by atoms with Gasteiger partial charge in [0.05, 0.1) is 48.9 Å². The van der Waals surface area contributed by atoms with E-state index in [0.29, 0.717) is 66.7 Å². The van der Waals surface area contributed by atoms with Crippen LogP contribution in [0.3, 0.4) is 0 Å². The van der Waals surface area contributed by atoms with Crippen LogP contribution in [0.4, 0.5) is 45.5 Å². The van der Waals surface area contributed by atoms with Crippen molar-refractivity contribution in [2.45, 2.75) is 90.9 Å². The number of allylic oxidation sites excluding steroid dienone is 8. The van der Waals surface area contributed by atoms with Crippen LogP contribution in [0.1, 0.15) is 90.3 Å². The van der Waals surface area contributed by atoms with Crippen molar-refractivity contribution in [2.75, 3.05) is 67.1 Å². The molecule has 1 aliphatic carbocycles. The van der Waals surface area contributed by atoms with Crippen molar-refractivity contribution in [3.8, 4) is 0 Å². The van der Waals surface area contributed by atoms with Gasteiger partial charge in [-0.15, -0.1) is 15.3 Å². The number of fused-ring (bicyclic) bond motifs is 4. The summed E-state index contributed by atoms with van der Waals surface area (Å²) in [6.07, 6.45) is 13.3. The quantitative estimate of drug-likeness (QED) is 0.0475. The van der Waals surface area contributed by atoms with Gasteiger partial charge in [0.2, 0.25) is 11.6 Å². The van der Waals surface area contributed by atoms with Crippen molar-refractivity contribution >= 4 is 84.6 Å². The van der Waals surface area contributed by atoms with E-state index in [1.807, 2.05) is 89.8 Å². The molecule has 422 valence electrons.